The summed E-state index contributed by atoms with van der Waals surface area (Å²) in [4.78, 5) is 0. The first-order chi connectivity index (χ1) is 10.3. The van der Waals surface area contributed by atoms with Crippen molar-refractivity contribution >= 4 is 40.0 Å². The molecule has 21 heavy (non-hydrogen) atoms. The number of nitrogens with one attached hydrogen (secondary N) is 3. The third-order valence-corrected chi connectivity index (χ3v) is 3.21. The molecule has 0 atom stereocenters. The van der Waals surface area contributed by atoms with Crippen LogP contribution in [0, 0.1) is 0 Å². The third kappa shape index (κ3) is 3.46. The summed E-state index contributed by atoms with van der Waals surface area (Å²) in [6, 6.07) is 16.0. The van der Waals surface area contributed by atoms with Gasteiger partial charge in [0.2, 0.25) is 0 Å². The number of anilines is 1. The monoisotopic (exact) mass is 294 g/mol. The van der Waals surface area contributed by atoms with Crippen LogP contribution in [-0.2, 0) is 0 Å². The van der Waals surface area contributed by atoms with E-state index in [1.54, 1.807) is 6.20 Å². The zero-order valence-corrected chi connectivity index (χ0v) is 12.0. The van der Waals surface area contributed by atoms with Crippen LogP contribution in [0.2, 0.25) is 0 Å². The number of H-pyrrole nitrogens is 1. The van der Waals surface area contributed by atoms with Crippen molar-refractivity contribution in [3.63, 3.8) is 0 Å². The summed E-state index contributed by atoms with van der Waals surface area (Å²) in [6.07, 6.45) is 5.57. The SMILES string of the molecule is S=C(NC=Cc1ccccc1)Nc1ccc2[nH]ncc2c1. The van der Waals surface area contributed by atoms with Crippen LogP contribution in [0.3, 0.4) is 0 Å². The molecule has 4 nitrogen and oxygen atoms in total. The normalized spacial score (nSPS) is 10.9. The van der Waals surface area contributed by atoms with Crippen LogP contribution in [0.15, 0.2) is 60.9 Å². The molecular formula is C16H14N4S. The summed E-state index contributed by atoms with van der Waals surface area (Å²) >= 11 is 5.26. The number of fused-ring (bicyclic) bond motifs is 1. The minimum atomic E-state index is 0.546. The van der Waals surface area contributed by atoms with Crippen LogP contribution in [0.1, 0.15) is 5.56 Å². The Kier molecular flexibility index (Phi) is 3.93. The zero-order chi connectivity index (χ0) is 14.5. The van der Waals surface area contributed by atoms with Gasteiger partial charge in [0.05, 0.1) is 11.7 Å². The van der Waals surface area contributed by atoms with E-state index in [-0.39, 0.29) is 0 Å². The Morgan fingerprint density at radius 1 is 1.14 bits per heavy atom. The summed E-state index contributed by atoms with van der Waals surface area (Å²) in [7, 11) is 0. The molecule has 1 aromatic heterocycles. The summed E-state index contributed by atoms with van der Waals surface area (Å²) in [5, 5.41) is 14.7. The molecular weight excluding hydrogens is 280 g/mol. The number of aromatic nitrogens is 2. The fourth-order valence-electron chi connectivity index (χ4n) is 1.97. The standard InChI is InChI=1S/C16H14N4S/c21-16(17-9-8-12-4-2-1-3-5-12)19-14-6-7-15-13(10-14)11-18-20-15/h1-11H,(H,18,20)(H2,17,19,21). The second-order valence-electron chi connectivity index (χ2n) is 4.51. The Bertz CT molecular complexity index is 777. The van der Waals surface area contributed by atoms with E-state index in [9.17, 15) is 0 Å². The average molecular weight is 294 g/mol. The molecule has 3 aromatic rings. The number of hydrogen-bond acceptors (Lipinski definition) is 2. The van der Waals surface area contributed by atoms with Crippen LogP contribution in [0.5, 0.6) is 0 Å². The van der Waals surface area contributed by atoms with E-state index in [0.717, 1.165) is 22.2 Å². The predicted molar refractivity (Wildman–Crippen MR) is 90.9 cm³/mol. The van der Waals surface area contributed by atoms with Gasteiger partial charge in [0, 0.05) is 17.3 Å². The fourth-order valence-corrected chi connectivity index (χ4v) is 2.15. The molecule has 0 unspecified atom stereocenters. The van der Waals surface area contributed by atoms with Gasteiger partial charge in [-0.05, 0) is 42.1 Å². The lowest BCUT2D eigenvalue weighted by Crippen LogP contribution is -2.23. The predicted octanol–water partition coefficient (Wildman–Crippen LogP) is 3.52. The van der Waals surface area contributed by atoms with E-state index in [0.29, 0.717) is 5.11 Å². The quantitative estimate of drug-likeness (QED) is 0.647. The van der Waals surface area contributed by atoms with Crippen molar-refractivity contribution in [2.24, 2.45) is 0 Å². The minimum Gasteiger partial charge on any atom is -0.339 e. The molecule has 0 aliphatic heterocycles. The molecule has 0 radical (unpaired) electrons. The van der Waals surface area contributed by atoms with Gasteiger partial charge in [0.1, 0.15) is 0 Å². The molecule has 0 amide bonds. The van der Waals surface area contributed by atoms with Crippen LogP contribution in [0.25, 0.3) is 17.0 Å². The molecule has 0 fully saturated rings. The maximum atomic E-state index is 5.26. The summed E-state index contributed by atoms with van der Waals surface area (Å²) < 4.78 is 0. The molecule has 3 rings (SSSR count). The highest BCUT2D eigenvalue weighted by Gasteiger charge is 1.99. The van der Waals surface area contributed by atoms with E-state index in [1.807, 2.05) is 60.8 Å². The highest BCUT2D eigenvalue weighted by atomic mass is 32.1. The Hall–Kier alpha value is -2.66. The number of nitrogens with zero attached hydrogens (tertiary/aromatic N) is 1. The van der Waals surface area contributed by atoms with Gasteiger partial charge in [-0.25, -0.2) is 0 Å². The first-order valence-electron chi connectivity index (χ1n) is 6.53. The van der Waals surface area contributed by atoms with Gasteiger partial charge < -0.3 is 10.6 Å². The molecule has 0 spiro atoms. The Balaban J connectivity index is 1.60. The van der Waals surface area contributed by atoms with Gasteiger partial charge in [-0.2, -0.15) is 5.10 Å². The number of hydrogen-bond donors (Lipinski definition) is 3. The van der Waals surface area contributed by atoms with Gasteiger partial charge in [-0.3, -0.25) is 5.10 Å². The zero-order valence-electron chi connectivity index (χ0n) is 11.2. The lowest BCUT2D eigenvalue weighted by atomic mass is 10.2. The molecule has 2 aromatic carbocycles. The highest BCUT2D eigenvalue weighted by Crippen LogP contribution is 2.16. The van der Waals surface area contributed by atoms with Crippen LogP contribution >= 0.6 is 12.2 Å². The lowest BCUT2D eigenvalue weighted by Gasteiger charge is -2.07. The number of thiocarbonyl (C=S) groups is 1. The molecule has 104 valence electrons. The Morgan fingerprint density at radius 3 is 2.86 bits per heavy atom. The van der Waals surface area contributed by atoms with Crippen molar-refractivity contribution in [3.8, 4) is 0 Å². The highest BCUT2D eigenvalue weighted by molar-refractivity contribution is 7.80. The Morgan fingerprint density at radius 2 is 2.00 bits per heavy atom. The van der Waals surface area contributed by atoms with Crippen molar-refractivity contribution in [2.45, 2.75) is 0 Å². The van der Waals surface area contributed by atoms with E-state index < -0.39 is 0 Å². The summed E-state index contributed by atoms with van der Waals surface area (Å²) in [5.74, 6) is 0. The number of rotatable bonds is 3. The van der Waals surface area contributed by atoms with Gasteiger partial charge in [-0.15, -0.1) is 0 Å². The molecule has 0 saturated heterocycles. The second kappa shape index (κ2) is 6.19. The molecule has 0 bridgehead atoms. The maximum absolute atomic E-state index is 5.26. The second-order valence-corrected chi connectivity index (χ2v) is 4.92. The van der Waals surface area contributed by atoms with E-state index in [4.69, 9.17) is 12.2 Å². The first-order valence-corrected chi connectivity index (χ1v) is 6.94. The van der Waals surface area contributed by atoms with Crippen LogP contribution in [-0.4, -0.2) is 15.3 Å². The minimum absolute atomic E-state index is 0.546. The van der Waals surface area contributed by atoms with Gasteiger partial charge in [0.25, 0.3) is 0 Å². The van der Waals surface area contributed by atoms with Crippen LogP contribution < -0.4 is 10.6 Å². The maximum Gasteiger partial charge on any atom is 0.174 e. The molecule has 0 aliphatic carbocycles. The largest absolute Gasteiger partial charge is 0.339 e. The average Bonchev–Trinajstić information content (AvgIpc) is 2.96. The molecule has 1 heterocycles. The van der Waals surface area contributed by atoms with Crippen molar-refractivity contribution in [3.05, 3.63) is 66.5 Å². The summed E-state index contributed by atoms with van der Waals surface area (Å²) in [6.45, 7) is 0. The third-order valence-electron chi connectivity index (χ3n) is 2.99. The van der Waals surface area contributed by atoms with Crippen molar-refractivity contribution in [1.29, 1.82) is 0 Å². The van der Waals surface area contributed by atoms with Gasteiger partial charge >= 0.3 is 0 Å². The smallest absolute Gasteiger partial charge is 0.174 e. The summed E-state index contributed by atoms with van der Waals surface area (Å²) in [5.41, 5.74) is 3.05. The topological polar surface area (TPSA) is 52.7 Å². The van der Waals surface area contributed by atoms with E-state index >= 15 is 0 Å². The first kappa shape index (κ1) is 13.3. The molecule has 0 aliphatic rings. The van der Waals surface area contributed by atoms with Gasteiger partial charge in [-0.1, -0.05) is 30.3 Å². The lowest BCUT2D eigenvalue weighted by molar-refractivity contribution is 1.12. The van der Waals surface area contributed by atoms with Crippen molar-refractivity contribution in [1.82, 2.24) is 15.5 Å². The fraction of sp³-hybridized carbons (Fsp3) is 0. The molecule has 0 saturated carbocycles. The Labute approximate surface area is 127 Å². The number of benzene rings is 2. The molecule has 3 N–H and O–H groups in total. The van der Waals surface area contributed by atoms with E-state index in [2.05, 4.69) is 20.8 Å². The van der Waals surface area contributed by atoms with Crippen molar-refractivity contribution in [2.75, 3.05) is 5.32 Å². The van der Waals surface area contributed by atoms with Crippen LogP contribution in [0.4, 0.5) is 5.69 Å². The number of aromatic amines is 1. The van der Waals surface area contributed by atoms with Gasteiger partial charge in [0.15, 0.2) is 5.11 Å². The molecule has 5 heteroatoms. The van der Waals surface area contributed by atoms with Crippen molar-refractivity contribution < 1.29 is 0 Å². The van der Waals surface area contributed by atoms with E-state index in [1.165, 1.54) is 0 Å².